The summed E-state index contributed by atoms with van der Waals surface area (Å²) in [5.41, 5.74) is 1.47. The van der Waals surface area contributed by atoms with Crippen LogP contribution in [0.4, 0.5) is 0 Å². The average Bonchev–Trinajstić information content (AvgIpc) is 1.87. The molecule has 0 bridgehead atoms. The molecule has 0 atom stereocenters. The van der Waals surface area contributed by atoms with Gasteiger partial charge < -0.3 is 5.41 Å². The number of hydrogen-bond acceptors (Lipinski definition) is 1. The predicted molar refractivity (Wildman–Crippen MR) is 51.4 cm³/mol. The van der Waals surface area contributed by atoms with E-state index in [9.17, 15) is 0 Å². The van der Waals surface area contributed by atoms with Gasteiger partial charge in [-0.05, 0) is 32.8 Å². The lowest BCUT2D eigenvalue weighted by molar-refractivity contribution is 1.25. The van der Waals surface area contributed by atoms with E-state index in [2.05, 4.69) is 0 Å². The maximum Gasteiger partial charge on any atom is 0.0329 e. The monoisotopic (exact) mass is 171 g/mol. The number of halogens is 1. The molecule has 1 nitrogen and oxygen atoms in total. The highest BCUT2D eigenvalue weighted by Gasteiger charge is 2.00. The number of hydrogen-bond donors (Lipinski definition) is 1. The first-order chi connectivity index (χ1) is 5.09. The van der Waals surface area contributed by atoms with Gasteiger partial charge in [-0.3, -0.25) is 0 Å². The first-order valence-electron chi connectivity index (χ1n) is 3.61. The Bertz CT molecular complexity index is 198. The van der Waals surface area contributed by atoms with Crippen molar-refractivity contribution in [1.82, 2.24) is 0 Å². The van der Waals surface area contributed by atoms with Gasteiger partial charge in [0.15, 0.2) is 0 Å². The van der Waals surface area contributed by atoms with Crippen molar-refractivity contribution < 1.29 is 0 Å². The highest BCUT2D eigenvalue weighted by molar-refractivity contribution is 6.31. The van der Waals surface area contributed by atoms with Crippen LogP contribution in [0.25, 0.3) is 0 Å². The fourth-order valence-corrected chi connectivity index (χ4v) is 1.01. The van der Waals surface area contributed by atoms with Crippen LogP contribution in [-0.4, -0.2) is 5.71 Å². The Labute approximate surface area is 73.3 Å². The zero-order chi connectivity index (χ0) is 8.85. The summed E-state index contributed by atoms with van der Waals surface area (Å²) in [7, 11) is 0. The molecule has 1 N–H and O–H groups in total. The standard InChI is InChI=1S/C9H14ClN/c1-4-5-6-9(7(2)10)8(3)11/h4-5,11H,6H2,1-3H3/b5-4?,9-7-,11-8?. The normalized spacial score (nSPS) is 13.5. The second-order valence-corrected chi connectivity index (χ2v) is 2.98. The van der Waals surface area contributed by atoms with Crippen LogP contribution in [0.3, 0.4) is 0 Å². The van der Waals surface area contributed by atoms with Crippen LogP contribution < -0.4 is 0 Å². The summed E-state index contributed by atoms with van der Waals surface area (Å²) in [6.07, 6.45) is 4.73. The van der Waals surface area contributed by atoms with Gasteiger partial charge in [0.25, 0.3) is 0 Å². The molecule has 0 aliphatic heterocycles. The van der Waals surface area contributed by atoms with Gasteiger partial charge in [0.1, 0.15) is 0 Å². The molecule has 0 saturated heterocycles. The fraction of sp³-hybridized carbons (Fsp3) is 0.444. The van der Waals surface area contributed by atoms with Crippen molar-refractivity contribution in [2.75, 3.05) is 0 Å². The van der Waals surface area contributed by atoms with E-state index >= 15 is 0 Å². The molecule has 2 heteroatoms. The fourth-order valence-electron chi connectivity index (χ4n) is 0.788. The lowest BCUT2D eigenvalue weighted by atomic mass is 10.1. The van der Waals surface area contributed by atoms with Crippen molar-refractivity contribution >= 4 is 17.3 Å². The van der Waals surface area contributed by atoms with Crippen molar-refractivity contribution in [3.05, 3.63) is 22.8 Å². The minimum absolute atomic E-state index is 0.551. The van der Waals surface area contributed by atoms with Gasteiger partial charge in [-0.25, -0.2) is 0 Å². The highest BCUT2D eigenvalue weighted by atomic mass is 35.5. The number of rotatable bonds is 3. The Morgan fingerprint density at radius 3 is 2.27 bits per heavy atom. The molecule has 0 amide bonds. The van der Waals surface area contributed by atoms with Crippen LogP contribution in [0.2, 0.25) is 0 Å². The minimum Gasteiger partial charge on any atom is -0.305 e. The molecule has 62 valence electrons. The largest absolute Gasteiger partial charge is 0.305 e. The Hall–Kier alpha value is -0.560. The van der Waals surface area contributed by atoms with Crippen LogP contribution in [0, 0.1) is 5.41 Å². The summed E-state index contributed by atoms with van der Waals surface area (Å²) in [5.74, 6) is 0. The molecule has 0 unspecified atom stereocenters. The summed E-state index contributed by atoms with van der Waals surface area (Å²) in [6.45, 7) is 5.53. The zero-order valence-electron chi connectivity index (χ0n) is 7.24. The third-order valence-corrected chi connectivity index (χ3v) is 1.65. The summed E-state index contributed by atoms with van der Waals surface area (Å²) >= 11 is 5.78. The van der Waals surface area contributed by atoms with Crippen LogP contribution >= 0.6 is 11.6 Å². The molecule has 0 aromatic rings. The summed E-state index contributed by atoms with van der Waals surface area (Å²) in [6, 6.07) is 0. The van der Waals surface area contributed by atoms with Gasteiger partial charge >= 0.3 is 0 Å². The molecule has 0 fully saturated rings. The predicted octanol–water partition coefficient (Wildman–Crippen LogP) is 3.51. The van der Waals surface area contributed by atoms with E-state index in [1.54, 1.807) is 6.92 Å². The summed E-state index contributed by atoms with van der Waals surface area (Å²) < 4.78 is 0. The Morgan fingerprint density at radius 1 is 1.45 bits per heavy atom. The van der Waals surface area contributed by atoms with E-state index < -0.39 is 0 Å². The third kappa shape index (κ3) is 3.99. The molecular weight excluding hydrogens is 158 g/mol. The SMILES string of the molecule is CC=CC/C(C(C)=N)=C(\C)Cl. The van der Waals surface area contributed by atoms with Crippen LogP contribution in [-0.2, 0) is 0 Å². The first-order valence-corrected chi connectivity index (χ1v) is 3.99. The van der Waals surface area contributed by atoms with Gasteiger partial charge in [-0.15, -0.1) is 0 Å². The highest BCUT2D eigenvalue weighted by Crippen LogP contribution is 2.13. The smallest absolute Gasteiger partial charge is 0.0329 e. The van der Waals surface area contributed by atoms with Crippen molar-refractivity contribution in [2.24, 2.45) is 0 Å². The molecular formula is C9H14ClN. The molecule has 0 aromatic carbocycles. The molecule has 0 saturated carbocycles. The molecule has 0 aliphatic carbocycles. The van der Waals surface area contributed by atoms with E-state index in [0.29, 0.717) is 5.71 Å². The van der Waals surface area contributed by atoms with Crippen molar-refractivity contribution in [3.8, 4) is 0 Å². The minimum atomic E-state index is 0.551. The Balaban J connectivity index is 4.38. The maximum atomic E-state index is 7.38. The topological polar surface area (TPSA) is 23.9 Å². The van der Waals surface area contributed by atoms with Crippen LogP contribution in [0.15, 0.2) is 22.8 Å². The third-order valence-electron chi connectivity index (χ3n) is 1.43. The average molecular weight is 172 g/mol. The molecule has 11 heavy (non-hydrogen) atoms. The second-order valence-electron chi connectivity index (χ2n) is 2.41. The van der Waals surface area contributed by atoms with Crippen molar-refractivity contribution in [3.63, 3.8) is 0 Å². The first kappa shape index (κ1) is 10.4. The van der Waals surface area contributed by atoms with E-state index in [-0.39, 0.29) is 0 Å². The van der Waals surface area contributed by atoms with Crippen molar-refractivity contribution in [1.29, 1.82) is 5.41 Å². The van der Waals surface area contributed by atoms with Gasteiger partial charge in [0.2, 0.25) is 0 Å². The zero-order valence-corrected chi connectivity index (χ0v) is 8.00. The number of allylic oxidation sites excluding steroid dienone is 4. The van der Waals surface area contributed by atoms with E-state index in [4.69, 9.17) is 17.0 Å². The van der Waals surface area contributed by atoms with Gasteiger partial charge in [0.05, 0.1) is 0 Å². The molecule has 0 rings (SSSR count). The lowest BCUT2D eigenvalue weighted by Crippen LogP contribution is -1.95. The lowest BCUT2D eigenvalue weighted by Gasteiger charge is -2.02. The van der Waals surface area contributed by atoms with Crippen molar-refractivity contribution in [2.45, 2.75) is 27.2 Å². The van der Waals surface area contributed by atoms with Gasteiger partial charge in [-0.2, -0.15) is 0 Å². The van der Waals surface area contributed by atoms with Crippen LogP contribution in [0.5, 0.6) is 0 Å². The van der Waals surface area contributed by atoms with Gasteiger partial charge in [0, 0.05) is 10.7 Å². The second kappa shape index (κ2) is 5.14. The Kier molecular flexibility index (Phi) is 4.88. The Morgan fingerprint density at radius 2 is 2.00 bits per heavy atom. The van der Waals surface area contributed by atoms with Crippen LogP contribution in [0.1, 0.15) is 27.2 Å². The molecule has 0 heterocycles. The van der Waals surface area contributed by atoms with E-state index in [1.165, 1.54) is 0 Å². The van der Waals surface area contributed by atoms with Gasteiger partial charge in [-0.1, -0.05) is 23.8 Å². The van der Waals surface area contributed by atoms with E-state index in [1.807, 2.05) is 26.0 Å². The maximum absolute atomic E-state index is 7.38. The quantitative estimate of drug-likeness (QED) is 0.497. The van der Waals surface area contributed by atoms with E-state index in [0.717, 1.165) is 17.0 Å². The molecule has 0 spiro atoms. The molecule has 0 aromatic heterocycles. The summed E-state index contributed by atoms with van der Waals surface area (Å²) in [4.78, 5) is 0. The molecule has 0 radical (unpaired) electrons. The molecule has 0 aliphatic rings. The number of nitrogens with one attached hydrogen (secondary N) is 1. The summed E-state index contributed by atoms with van der Waals surface area (Å²) in [5, 5.41) is 8.10.